The summed E-state index contributed by atoms with van der Waals surface area (Å²) in [5.41, 5.74) is 1.23. The Morgan fingerprint density at radius 3 is 2.77 bits per heavy atom. The van der Waals surface area contributed by atoms with E-state index in [1.54, 1.807) is 5.38 Å². The second-order valence-corrected chi connectivity index (χ2v) is 8.48. The molecule has 1 atom stereocenters. The van der Waals surface area contributed by atoms with Crippen molar-refractivity contribution in [1.82, 2.24) is 14.8 Å². The molecule has 138 valence electrons. The van der Waals surface area contributed by atoms with Gasteiger partial charge in [-0.3, -0.25) is 14.7 Å². The van der Waals surface area contributed by atoms with E-state index in [1.807, 2.05) is 23.2 Å². The number of amides is 1. The fourth-order valence-electron chi connectivity index (χ4n) is 4.47. The highest BCUT2D eigenvalue weighted by atomic mass is 32.1. The van der Waals surface area contributed by atoms with Gasteiger partial charge in [-0.1, -0.05) is 6.07 Å². The molecule has 0 aliphatic carbocycles. The van der Waals surface area contributed by atoms with Crippen molar-refractivity contribution in [2.24, 2.45) is 5.41 Å². The molecule has 0 saturated carbocycles. The predicted octanol–water partition coefficient (Wildman–Crippen LogP) is 3.80. The molecule has 1 spiro atoms. The first-order valence-corrected chi connectivity index (χ1v) is 10.2. The molecule has 0 N–H and O–H groups in total. The van der Waals surface area contributed by atoms with E-state index in [4.69, 9.17) is 0 Å². The van der Waals surface area contributed by atoms with Crippen LogP contribution < -0.4 is 0 Å². The Bertz CT molecular complexity index is 761. The number of thiophene rings is 1. The van der Waals surface area contributed by atoms with Crippen LogP contribution in [-0.2, 0) is 6.54 Å². The van der Waals surface area contributed by atoms with Gasteiger partial charge in [0.25, 0.3) is 5.91 Å². The molecule has 0 radical (unpaired) electrons. The molecule has 2 aromatic heterocycles. The molecule has 2 aliphatic heterocycles. The number of carbonyl (C=O) groups is 1. The van der Waals surface area contributed by atoms with Crippen LogP contribution in [0.25, 0.3) is 0 Å². The molecule has 26 heavy (non-hydrogen) atoms. The number of rotatable bonds is 3. The van der Waals surface area contributed by atoms with Gasteiger partial charge in [0.15, 0.2) is 0 Å². The Hall–Kier alpha value is -1.79. The van der Waals surface area contributed by atoms with Crippen molar-refractivity contribution in [3.8, 4) is 0 Å². The van der Waals surface area contributed by atoms with Crippen molar-refractivity contribution >= 4 is 17.2 Å². The minimum atomic E-state index is -0.389. The number of hydrogen-bond donors (Lipinski definition) is 0. The number of piperidine rings is 2. The Labute approximate surface area is 157 Å². The van der Waals surface area contributed by atoms with Crippen LogP contribution in [0, 0.1) is 11.2 Å². The summed E-state index contributed by atoms with van der Waals surface area (Å²) in [6, 6.07) is 7.42. The molecular formula is C20H24FN3OS. The van der Waals surface area contributed by atoms with E-state index in [1.165, 1.54) is 17.4 Å². The van der Waals surface area contributed by atoms with E-state index in [2.05, 4.69) is 16.0 Å². The van der Waals surface area contributed by atoms with Crippen molar-refractivity contribution < 1.29 is 9.18 Å². The molecule has 2 aliphatic rings. The molecule has 2 fully saturated rings. The molecule has 0 bridgehead atoms. The lowest BCUT2D eigenvalue weighted by molar-refractivity contribution is 0.0110. The van der Waals surface area contributed by atoms with Gasteiger partial charge in [-0.15, -0.1) is 11.3 Å². The first-order valence-electron chi connectivity index (χ1n) is 9.30. The molecule has 4 heterocycles. The highest BCUT2D eigenvalue weighted by molar-refractivity contribution is 7.12. The van der Waals surface area contributed by atoms with Crippen LogP contribution in [0.3, 0.4) is 0 Å². The van der Waals surface area contributed by atoms with Crippen molar-refractivity contribution in [1.29, 1.82) is 0 Å². The van der Waals surface area contributed by atoms with Gasteiger partial charge in [0, 0.05) is 37.8 Å². The van der Waals surface area contributed by atoms with E-state index >= 15 is 0 Å². The van der Waals surface area contributed by atoms with Crippen LogP contribution in [-0.4, -0.2) is 46.9 Å². The number of carbonyl (C=O) groups excluding carboxylic acids is 1. The van der Waals surface area contributed by atoms with Crippen LogP contribution in [0.15, 0.2) is 35.8 Å². The molecule has 2 aromatic rings. The monoisotopic (exact) mass is 373 g/mol. The number of aromatic nitrogens is 1. The molecule has 1 unspecified atom stereocenters. The summed E-state index contributed by atoms with van der Waals surface area (Å²) in [6.07, 6.45) is 6.26. The fourth-order valence-corrected chi connectivity index (χ4v) is 5.20. The summed E-state index contributed by atoms with van der Waals surface area (Å²) in [6.45, 7) is 4.39. The van der Waals surface area contributed by atoms with Crippen molar-refractivity contribution in [2.45, 2.75) is 32.2 Å². The number of halogens is 1. The quantitative estimate of drug-likeness (QED) is 0.821. The van der Waals surface area contributed by atoms with Gasteiger partial charge in [0.05, 0.1) is 5.69 Å². The van der Waals surface area contributed by atoms with E-state index in [0.717, 1.165) is 64.1 Å². The summed E-state index contributed by atoms with van der Waals surface area (Å²) in [7, 11) is 0. The first-order chi connectivity index (χ1) is 12.7. The maximum absolute atomic E-state index is 13.8. The van der Waals surface area contributed by atoms with Gasteiger partial charge in [-0.25, -0.2) is 4.39 Å². The standard InChI is InChI=1S/C20H24FN3OS/c21-17-6-12-26-18(17)19(25)24-11-4-8-20(15-24)7-3-10-23(14-20)13-16-5-1-2-9-22-16/h1-2,5-6,9,12H,3-4,7-8,10-11,13-15H2. The summed E-state index contributed by atoms with van der Waals surface area (Å²) in [5, 5.41) is 1.65. The summed E-state index contributed by atoms with van der Waals surface area (Å²) in [4.78, 5) is 21.8. The lowest BCUT2D eigenvalue weighted by Gasteiger charge is -2.48. The molecule has 1 amide bonds. The second kappa shape index (κ2) is 7.45. The number of pyridine rings is 1. The molecule has 4 rings (SSSR count). The SMILES string of the molecule is O=C(c1sccc1F)N1CCCC2(CCCN(Cc3ccccn3)C2)C1. The van der Waals surface area contributed by atoms with Gasteiger partial charge >= 0.3 is 0 Å². The summed E-state index contributed by atoms with van der Waals surface area (Å²) >= 11 is 1.20. The van der Waals surface area contributed by atoms with Crippen LogP contribution in [0.5, 0.6) is 0 Å². The van der Waals surface area contributed by atoms with E-state index in [0.29, 0.717) is 0 Å². The predicted molar refractivity (Wildman–Crippen MR) is 101 cm³/mol. The lowest BCUT2D eigenvalue weighted by atomic mass is 9.73. The zero-order valence-electron chi connectivity index (χ0n) is 14.9. The third-order valence-corrected chi connectivity index (χ3v) is 6.49. The lowest BCUT2D eigenvalue weighted by Crippen LogP contribution is -2.53. The minimum absolute atomic E-state index is 0.134. The number of hydrogen-bond acceptors (Lipinski definition) is 4. The van der Waals surface area contributed by atoms with Crippen molar-refractivity contribution in [3.63, 3.8) is 0 Å². The zero-order valence-corrected chi connectivity index (χ0v) is 15.7. The van der Waals surface area contributed by atoms with E-state index in [9.17, 15) is 9.18 Å². The Kier molecular flexibility index (Phi) is 5.05. The highest BCUT2D eigenvalue weighted by Crippen LogP contribution is 2.39. The zero-order chi connectivity index (χ0) is 18.0. The first kappa shape index (κ1) is 17.6. The minimum Gasteiger partial charge on any atom is -0.337 e. The third kappa shape index (κ3) is 3.67. The Morgan fingerprint density at radius 1 is 1.19 bits per heavy atom. The molecule has 0 aromatic carbocycles. The van der Waals surface area contributed by atoms with Crippen LogP contribution >= 0.6 is 11.3 Å². The number of nitrogens with zero attached hydrogens (tertiary/aromatic N) is 3. The van der Waals surface area contributed by atoms with Gasteiger partial charge < -0.3 is 4.90 Å². The number of likely N-dealkylation sites (tertiary alicyclic amines) is 2. The van der Waals surface area contributed by atoms with Crippen LogP contribution in [0.1, 0.15) is 41.0 Å². The Balaban J connectivity index is 1.45. The molecular weight excluding hydrogens is 349 g/mol. The van der Waals surface area contributed by atoms with Crippen molar-refractivity contribution in [3.05, 3.63) is 52.2 Å². The van der Waals surface area contributed by atoms with Crippen LogP contribution in [0.4, 0.5) is 4.39 Å². The van der Waals surface area contributed by atoms with Crippen molar-refractivity contribution in [2.75, 3.05) is 26.2 Å². The topological polar surface area (TPSA) is 36.4 Å². The van der Waals surface area contributed by atoms with E-state index < -0.39 is 0 Å². The largest absolute Gasteiger partial charge is 0.337 e. The normalized spacial score (nSPS) is 24.1. The average molecular weight is 373 g/mol. The fraction of sp³-hybridized carbons (Fsp3) is 0.500. The van der Waals surface area contributed by atoms with Crippen LogP contribution in [0.2, 0.25) is 0 Å². The Morgan fingerprint density at radius 2 is 2.04 bits per heavy atom. The molecule has 2 saturated heterocycles. The van der Waals surface area contributed by atoms with Gasteiger partial charge in [-0.2, -0.15) is 0 Å². The molecule has 4 nitrogen and oxygen atoms in total. The second-order valence-electron chi connectivity index (χ2n) is 7.56. The average Bonchev–Trinajstić information content (AvgIpc) is 3.08. The third-order valence-electron chi connectivity index (χ3n) is 5.61. The summed E-state index contributed by atoms with van der Waals surface area (Å²) < 4.78 is 13.8. The van der Waals surface area contributed by atoms with Gasteiger partial charge in [0.2, 0.25) is 0 Å². The maximum atomic E-state index is 13.8. The summed E-state index contributed by atoms with van der Waals surface area (Å²) in [5.74, 6) is -0.529. The van der Waals surface area contributed by atoms with Gasteiger partial charge in [-0.05, 0) is 55.8 Å². The van der Waals surface area contributed by atoms with E-state index in [-0.39, 0.29) is 22.0 Å². The maximum Gasteiger partial charge on any atom is 0.266 e. The molecule has 6 heteroatoms. The highest BCUT2D eigenvalue weighted by Gasteiger charge is 2.41. The van der Waals surface area contributed by atoms with Gasteiger partial charge in [0.1, 0.15) is 10.7 Å². The smallest absolute Gasteiger partial charge is 0.266 e.